The molecule has 1 aliphatic rings. The predicted molar refractivity (Wildman–Crippen MR) is 58.1 cm³/mol. The first-order valence-electron chi connectivity index (χ1n) is 5.55. The van der Waals surface area contributed by atoms with Crippen molar-refractivity contribution < 1.29 is 4.79 Å². The maximum atomic E-state index is 11.8. The van der Waals surface area contributed by atoms with Crippen molar-refractivity contribution in [3.8, 4) is 0 Å². The van der Waals surface area contributed by atoms with Crippen LogP contribution in [0.15, 0.2) is 0 Å². The molecular weight excluding hydrogens is 176 g/mol. The van der Waals surface area contributed by atoms with Crippen molar-refractivity contribution in [2.45, 2.75) is 33.2 Å². The van der Waals surface area contributed by atoms with E-state index in [1.807, 2.05) is 18.7 Å². The lowest BCUT2D eigenvalue weighted by Crippen LogP contribution is -2.53. The second kappa shape index (κ2) is 4.78. The second-order valence-electron chi connectivity index (χ2n) is 4.48. The lowest BCUT2D eigenvalue weighted by molar-refractivity contribution is -0.137. The van der Waals surface area contributed by atoms with Crippen molar-refractivity contribution in [1.82, 2.24) is 9.80 Å². The topological polar surface area (TPSA) is 23.6 Å². The van der Waals surface area contributed by atoms with Crippen molar-refractivity contribution in [2.24, 2.45) is 5.92 Å². The third-order valence-corrected chi connectivity index (χ3v) is 3.05. The van der Waals surface area contributed by atoms with Crippen molar-refractivity contribution in [1.29, 1.82) is 0 Å². The smallest absolute Gasteiger partial charge is 0.225 e. The van der Waals surface area contributed by atoms with Crippen LogP contribution >= 0.6 is 0 Å². The summed E-state index contributed by atoms with van der Waals surface area (Å²) in [6.45, 7) is 8.94. The SMILES string of the molecule is CCC1CN(C(=O)C(C)C)CCN1C. The van der Waals surface area contributed by atoms with E-state index in [4.69, 9.17) is 0 Å². The molecule has 1 heterocycles. The summed E-state index contributed by atoms with van der Waals surface area (Å²) < 4.78 is 0. The number of amides is 1. The molecule has 82 valence electrons. The maximum Gasteiger partial charge on any atom is 0.225 e. The molecule has 14 heavy (non-hydrogen) atoms. The van der Waals surface area contributed by atoms with Crippen LogP contribution in [0.3, 0.4) is 0 Å². The van der Waals surface area contributed by atoms with Gasteiger partial charge in [0.25, 0.3) is 0 Å². The molecule has 0 spiro atoms. The van der Waals surface area contributed by atoms with Gasteiger partial charge in [-0.1, -0.05) is 20.8 Å². The third kappa shape index (κ3) is 2.47. The first kappa shape index (κ1) is 11.5. The quantitative estimate of drug-likeness (QED) is 0.665. The van der Waals surface area contributed by atoms with Crippen LogP contribution in [0.25, 0.3) is 0 Å². The van der Waals surface area contributed by atoms with Gasteiger partial charge < -0.3 is 4.90 Å². The summed E-state index contributed by atoms with van der Waals surface area (Å²) >= 11 is 0. The first-order chi connectivity index (χ1) is 6.56. The van der Waals surface area contributed by atoms with Crippen LogP contribution in [0.4, 0.5) is 0 Å². The molecule has 1 fully saturated rings. The van der Waals surface area contributed by atoms with Crippen LogP contribution in [0, 0.1) is 5.92 Å². The van der Waals surface area contributed by atoms with Gasteiger partial charge in [0.1, 0.15) is 0 Å². The molecule has 1 saturated heterocycles. The van der Waals surface area contributed by atoms with E-state index in [-0.39, 0.29) is 5.92 Å². The Morgan fingerprint density at radius 3 is 2.57 bits per heavy atom. The number of carbonyl (C=O) groups excluding carboxylic acids is 1. The second-order valence-corrected chi connectivity index (χ2v) is 4.48. The molecule has 0 aliphatic carbocycles. The number of rotatable bonds is 2. The molecule has 1 unspecified atom stereocenters. The summed E-state index contributed by atoms with van der Waals surface area (Å²) in [6.07, 6.45) is 1.12. The summed E-state index contributed by atoms with van der Waals surface area (Å²) in [5, 5.41) is 0. The number of carbonyl (C=O) groups is 1. The van der Waals surface area contributed by atoms with E-state index in [9.17, 15) is 4.79 Å². The lowest BCUT2D eigenvalue weighted by atomic mass is 10.1. The van der Waals surface area contributed by atoms with Gasteiger partial charge in [0, 0.05) is 31.6 Å². The molecule has 0 aromatic heterocycles. The monoisotopic (exact) mass is 198 g/mol. The molecule has 0 aromatic carbocycles. The number of hydrogen-bond acceptors (Lipinski definition) is 2. The molecule has 1 aliphatic heterocycles. The van der Waals surface area contributed by atoms with Crippen molar-refractivity contribution in [3.05, 3.63) is 0 Å². The molecule has 1 amide bonds. The molecule has 0 bridgehead atoms. The van der Waals surface area contributed by atoms with Crippen LogP contribution in [-0.4, -0.2) is 48.4 Å². The lowest BCUT2D eigenvalue weighted by Gasteiger charge is -2.39. The molecule has 0 radical (unpaired) electrons. The highest BCUT2D eigenvalue weighted by Crippen LogP contribution is 2.12. The molecule has 3 nitrogen and oxygen atoms in total. The zero-order valence-corrected chi connectivity index (χ0v) is 9.79. The summed E-state index contributed by atoms with van der Waals surface area (Å²) in [5.41, 5.74) is 0. The van der Waals surface area contributed by atoms with Gasteiger partial charge in [-0.25, -0.2) is 0 Å². The zero-order chi connectivity index (χ0) is 10.7. The van der Waals surface area contributed by atoms with Crippen LogP contribution in [0.5, 0.6) is 0 Å². The predicted octanol–water partition coefficient (Wildman–Crippen LogP) is 1.20. The molecule has 1 atom stereocenters. The Kier molecular flexibility index (Phi) is 3.93. The third-order valence-electron chi connectivity index (χ3n) is 3.05. The number of nitrogens with zero attached hydrogens (tertiary/aromatic N) is 2. The number of piperazine rings is 1. The Morgan fingerprint density at radius 1 is 1.43 bits per heavy atom. The highest BCUT2D eigenvalue weighted by molar-refractivity contribution is 5.78. The highest BCUT2D eigenvalue weighted by Gasteiger charge is 2.26. The minimum atomic E-state index is 0.135. The standard InChI is InChI=1S/C11H22N2O/c1-5-10-8-13(7-6-12(10)4)11(14)9(2)3/h9-10H,5-8H2,1-4H3. The Labute approximate surface area is 87.1 Å². The molecule has 0 aromatic rings. The van der Waals surface area contributed by atoms with Crippen molar-refractivity contribution in [3.63, 3.8) is 0 Å². The fraction of sp³-hybridized carbons (Fsp3) is 0.909. The van der Waals surface area contributed by atoms with E-state index in [0.29, 0.717) is 11.9 Å². The largest absolute Gasteiger partial charge is 0.340 e. The van der Waals surface area contributed by atoms with E-state index in [0.717, 1.165) is 26.1 Å². The Bertz CT molecular complexity index is 203. The maximum absolute atomic E-state index is 11.8. The van der Waals surface area contributed by atoms with Gasteiger partial charge in [-0.15, -0.1) is 0 Å². The van der Waals surface area contributed by atoms with E-state index in [2.05, 4.69) is 18.9 Å². The number of likely N-dealkylation sites (N-methyl/N-ethyl adjacent to an activating group) is 1. The van der Waals surface area contributed by atoms with Gasteiger partial charge in [-0.2, -0.15) is 0 Å². The fourth-order valence-corrected chi connectivity index (χ4v) is 1.95. The normalized spacial score (nSPS) is 24.4. The Hall–Kier alpha value is -0.570. The van der Waals surface area contributed by atoms with Crippen LogP contribution in [0.2, 0.25) is 0 Å². The van der Waals surface area contributed by atoms with Gasteiger partial charge >= 0.3 is 0 Å². The average molecular weight is 198 g/mol. The van der Waals surface area contributed by atoms with E-state index in [1.165, 1.54) is 0 Å². The van der Waals surface area contributed by atoms with Crippen LogP contribution < -0.4 is 0 Å². The van der Waals surface area contributed by atoms with Crippen LogP contribution in [-0.2, 0) is 4.79 Å². The Balaban J connectivity index is 2.54. The first-order valence-corrected chi connectivity index (χ1v) is 5.55. The molecule has 3 heteroatoms. The minimum absolute atomic E-state index is 0.135. The van der Waals surface area contributed by atoms with Gasteiger partial charge in [0.15, 0.2) is 0 Å². The van der Waals surface area contributed by atoms with E-state index in [1.54, 1.807) is 0 Å². The van der Waals surface area contributed by atoms with Crippen molar-refractivity contribution in [2.75, 3.05) is 26.7 Å². The van der Waals surface area contributed by atoms with Gasteiger partial charge in [0.05, 0.1) is 0 Å². The Morgan fingerprint density at radius 2 is 2.07 bits per heavy atom. The van der Waals surface area contributed by atoms with Gasteiger partial charge in [-0.05, 0) is 13.5 Å². The fourth-order valence-electron chi connectivity index (χ4n) is 1.95. The summed E-state index contributed by atoms with van der Waals surface area (Å²) in [6, 6.07) is 0.548. The van der Waals surface area contributed by atoms with E-state index >= 15 is 0 Å². The average Bonchev–Trinajstić information content (AvgIpc) is 2.17. The van der Waals surface area contributed by atoms with Crippen LogP contribution in [0.1, 0.15) is 27.2 Å². The highest BCUT2D eigenvalue weighted by atomic mass is 16.2. The van der Waals surface area contributed by atoms with E-state index < -0.39 is 0 Å². The zero-order valence-electron chi connectivity index (χ0n) is 9.79. The molecule has 1 rings (SSSR count). The van der Waals surface area contributed by atoms with Gasteiger partial charge in [-0.3, -0.25) is 9.69 Å². The van der Waals surface area contributed by atoms with Gasteiger partial charge in [0.2, 0.25) is 5.91 Å². The number of hydrogen-bond donors (Lipinski definition) is 0. The summed E-state index contributed by atoms with van der Waals surface area (Å²) in [7, 11) is 2.14. The molecular formula is C11H22N2O. The molecule has 0 saturated carbocycles. The minimum Gasteiger partial charge on any atom is -0.340 e. The molecule has 0 N–H and O–H groups in total. The summed E-state index contributed by atoms with van der Waals surface area (Å²) in [4.78, 5) is 16.1. The summed E-state index contributed by atoms with van der Waals surface area (Å²) in [5.74, 6) is 0.437. The van der Waals surface area contributed by atoms with Crippen molar-refractivity contribution >= 4 is 5.91 Å².